The van der Waals surface area contributed by atoms with Crippen molar-refractivity contribution in [1.29, 1.82) is 0 Å². The molecule has 19 heavy (non-hydrogen) atoms. The summed E-state index contributed by atoms with van der Waals surface area (Å²) in [5.41, 5.74) is 5.98. The Morgan fingerprint density at radius 3 is 2.37 bits per heavy atom. The van der Waals surface area contributed by atoms with Gasteiger partial charge in [-0.25, -0.2) is 9.37 Å². The Morgan fingerprint density at radius 2 is 2.11 bits per heavy atom. The van der Waals surface area contributed by atoms with Gasteiger partial charge in [0.15, 0.2) is 0 Å². The van der Waals surface area contributed by atoms with E-state index >= 15 is 0 Å². The molecule has 0 spiro atoms. The third-order valence-electron chi connectivity index (χ3n) is 1.30. The van der Waals surface area contributed by atoms with Gasteiger partial charge in [-0.3, -0.25) is 4.79 Å². The molecule has 1 saturated heterocycles. The number of aromatic nitrogens is 2. The number of nitrogens with zero attached hydrogens (tertiary/aromatic N) is 1. The monoisotopic (exact) mass is 331 g/mol. The van der Waals surface area contributed by atoms with Crippen LogP contribution in [0.15, 0.2) is 11.0 Å². The second kappa shape index (κ2) is 17.5. The van der Waals surface area contributed by atoms with E-state index in [4.69, 9.17) is 15.6 Å². The van der Waals surface area contributed by atoms with Crippen LogP contribution in [0.2, 0.25) is 0 Å². The summed E-state index contributed by atoms with van der Waals surface area (Å²) < 4.78 is 17.0. The van der Waals surface area contributed by atoms with E-state index in [1.807, 2.05) is 30.6 Å². The molecule has 2 heterocycles. The van der Waals surface area contributed by atoms with Crippen molar-refractivity contribution in [2.24, 2.45) is 0 Å². The molecule has 1 aromatic rings. The van der Waals surface area contributed by atoms with E-state index in [-0.39, 0.29) is 18.6 Å². The Balaban J connectivity index is -0.000000220. The molecule has 0 aliphatic carbocycles. The van der Waals surface area contributed by atoms with Gasteiger partial charge in [-0.05, 0) is 5.82 Å². The predicted octanol–water partition coefficient (Wildman–Crippen LogP) is 1.93. The summed E-state index contributed by atoms with van der Waals surface area (Å²) in [6.07, 6.45) is 0.709. The molecule has 0 aromatic carbocycles. The molecule has 1 aliphatic rings. The Kier molecular flexibility index (Phi) is 21.6. The standard InChI is InChI=1S/C4H4FN3O.C3H6OS.C2H6.CH4O.V/c5-2-1-7-4(9)8-3(2)6;1-2-5-3-4-1;2*1-2;/h1H,(H3,6,7,8,9);1-3H2;1-2H3;2H,1H3;/p-1. The van der Waals surface area contributed by atoms with Crippen molar-refractivity contribution in [3.63, 3.8) is 0 Å². The van der Waals surface area contributed by atoms with Crippen molar-refractivity contribution in [1.82, 2.24) is 9.97 Å². The minimum absolute atomic E-state index is 0. The zero-order valence-corrected chi connectivity index (χ0v) is 13.4. The van der Waals surface area contributed by atoms with E-state index in [9.17, 15) is 9.18 Å². The first kappa shape index (κ1) is 23.5. The normalized spacial score (nSPS) is 11.4. The largest absolute Gasteiger partial charge is 0.480 e. The number of aliphatic hydroxyl groups is 1. The molecule has 0 atom stereocenters. The van der Waals surface area contributed by atoms with Crippen molar-refractivity contribution in [3.8, 4) is 0 Å². The summed E-state index contributed by atoms with van der Waals surface area (Å²) in [5.74, 6) is 0.754. The van der Waals surface area contributed by atoms with Gasteiger partial charge in [0.2, 0.25) is 0 Å². The van der Waals surface area contributed by atoms with Gasteiger partial charge < -0.3 is 20.6 Å². The number of halogens is 1. The molecule has 111 valence electrons. The molecule has 1 fully saturated rings. The van der Waals surface area contributed by atoms with Gasteiger partial charge in [-0.15, -0.1) is 11.8 Å². The molecular weight excluding hydrogens is 312 g/mol. The average Bonchev–Trinajstić information content (AvgIpc) is 2.98. The molecule has 1 aliphatic heterocycles. The first-order valence-corrected chi connectivity index (χ1v) is 6.42. The van der Waals surface area contributed by atoms with Crippen LogP contribution in [0.25, 0.3) is 5.73 Å². The topological polar surface area (TPSA) is 99.0 Å². The zero-order valence-electron chi connectivity index (χ0n) is 11.1. The summed E-state index contributed by atoms with van der Waals surface area (Å²) in [4.78, 5) is 15.1. The molecule has 0 unspecified atom stereocenters. The van der Waals surface area contributed by atoms with Crippen LogP contribution in [0.5, 0.6) is 0 Å². The third kappa shape index (κ3) is 13.7. The fraction of sp³-hybridized carbons (Fsp3) is 0.600. The van der Waals surface area contributed by atoms with E-state index in [0.29, 0.717) is 6.20 Å². The maximum atomic E-state index is 12.1. The zero-order chi connectivity index (χ0) is 14.4. The molecule has 0 bridgehead atoms. The minimum atomic E-state index is -0.824. The number of rotatable bonds is 0. The van der Waals surface area contributed by atoms with Crippen molar-refractivity contribution >= 4 is 17.6 Å². The quantitative estimate of drug-likeness (QED) is 0.757. The van der Waals surface area contributed by atoms with Gasteiger partial charge in [0.05, 0.1) is 18.7 Å². The molecule has 6 nitrogen and oxygen atoms in total. The Labute approximate surface area is 128 Å². The second-order valence-corrected chi connectivity index (χ2v) is 3.40. The number of aliphatic hydroxyl groups excluding tert-OH is 1. The third-order valence-corrected chi connectivity index (χ3v) is 2.09. The SMILES string of the molecule is C1CSCO1.CC.CO.[NH-]c1[nH]c(=O)ncc1F.[V]. The Morgan fingerprint density at radius 1 is 1.53 bits per heavy atom. The summed E-state index contributed by atoms with van der Waals surface area (Å²) in [6, 6.07) is 0. The van der Waals surface area contributed by atoms with Gasteiger partial charge in [0.1, 0.15) is 5.82 Å². The Bertz CT molecular complexity index is 343. The van der Waals surface area contributed by atoms with E-state index < -0.39 is 17.3 Å². The van der Waals surface area contributed by atoms with Gasteiger partial charge in [0.25, 0.3) is 5.69 Å². The van der Waals surface area contributed by atoms with E-state index in [1.54, 1.807) is 0 Å². The fourth-order valence-corrected chi connectivity index (χ4v) is 1.26. The second-order valence-electron chi connectivity index (χ2n) is 2.35. The number of hydrogen-bond acceptors (Lipinski definition) is 5. The van der Waals surface area contributed by atoms with Gasteiger partial charge in [-0.2, -0.15) is 0 Å². The number of hydrogen-bond donors (Lipinski definition) is 2. The smallest absolute Gasteiger partial charge is 0.263 e. The molecular formula is C10H19FN3O3SV-. The van der Waals surface area contributed by atoms with Crippen molar-refractivity contribution in [2.45, 2.75) is 13.8 Å². The number of aromatic amines is 1. The van der Waals surface area contributed by atoms with E-state index in [1.165, 1.54) is 5.75 Å². The molecule has 2 rings (SSSR count). The van der Waals surface area contributed by atoms with E-state index in [2.05, 4.69) is 4.98 Å². The number of nitrogens with one attached hydrogen (secondary N) is 2. The van der Waals surface area contributed by atoms with Crippen LogP contribution in [0, 0.1) is 5.82 Å². The summed E-state index contributed by atoms with van der Waals surface area (Å²) >= 11 is 1.85. The van der Waals surface area contributed by atoms with Crippen molar-refractivity contribution in [3.05, 3.63) is 28.2 Å². The molecule has 9 heteroatoms. The van der Waals surface area contributed by atoms with Gasteiger partial charge in [0, 0.05) is 31.4 Å². The Hall–Kier alpha value is -0.536. The molecule has 3 N–H and O–H groups in total. The van der Waals surface area contributed by atoms with Gasteiger partial charge in [-0.1, -0.05) is 13.8 Å². The summed E-state index contributed by atoms with van der Waals surface area (Å²) in [7, 11) is 1.00. The van der Waals surface area contributed by atoms with Crippen molar-refractivity contribution < 1.29 is 32.8 Å². The molecule has 0 saturated carbocycles. The van der Waals surface area contributed by atoms with Crippen LogP contribution in [-0.4, -0.2) is 40.5 Å². The maximum Gasteiger partial charge on any atom is 0.263 e. The summed E-state index contributed by atoms with van der Waals surface area (Å²) in [5, 5.41) is 7.00. The van der Waals surface area contributed by atoms with Crippen molar-refractivity contribution in [2.75, 3.05) is 25.4 Å². The van der Waals surface area contributed by atoms with Gasteiger partial charge >= 0.3 is 0 Å². The van der Waals surface area contributed by atoms with E-state index in [0.717, 1.165) is 19.7 Å². The summed E-state index contributed by atoms with van der Waals surface area (Å²) in [6.45, 7) is 4.96. The first-order valence-electron chi connectivity index (χ1n) is 5.27. The average molecular weight is 331 g/mol. The van der Waals surface area contributed by atoms with Crippen LogP contribution >= 0.6 is 11.8 Å². The van der Waals surface area contributed by atoms with Crippen LogP contribution in [0.3, 0.4) is 0 Å². The first-order chi connectivity index (χ1) is 8.70. The predicted molar refractivity (Wildman–Crippen MR) is 71.6 cm³/mol. The van der Waals surface area contributed by atoms with Crippen LogP contribution < -0.4 is 5.69 Å². The van der Waals surface area contributed by atoms with Crippen LogP contribution in [0.4, 0.5) is 10.2 Å². The van der Waals surface area contributed by atoms with Crippen LogP contribution in [-0.2, 0) is 23.3 Å². The minimum Gasteiger partial charge on any atom is -0.480 e. The molecule has 0 amide bonds. The molecule has 1 aromatic heterocycles. The number of thioether (sulfide) groups is 1. The fourth-order valence-electron chi connectivity index (χ4n) is 0.673. The maximum absolute atomic E-state index is 12.1. The number of ether oxygens (including phenoxy) is 1. The van der Waals surface area contributed by atoms with Crippen LogP contribution in [0.1, 0.15) is 13.8 Å². The number of H-pyrrole nitrogens is 1. The molecule has 1 radical (unpaired) electrons.